The fourth-order valence-corrected chi connectivity index (χ4v) is 4.49. The van der Waals surface area contributed by atoms with Crippen molar-refractivity contribution in [3.63, 3.8) is 0 Å². The molecular formula is C22H30N2O4. The van der Waals surface area contributed by atoms with Gasteiger partial charge in [-0.2, -0.15) is 0 Å². The molecule has 2 fully saturated rings. The number of nitrogens with one attached hydrogen (secondary N) is 1. The van der Waals surface area contributed by atoms with Gasteiger partial charge in [0.1, 0.15) is 0 Å². The number of piperidine rings is 1. The smallest absolute Gasteiger partial charge is 0.231 e. The van der Waals surface area contributed by atoms with Gasteiger partial charge in [0.2, 0.25) is 18.6 Å². The minimum atomic E-state index is -0.0647. The SMILES string of the molecule is O=C(NC1CCCCC1)[C@H]1CCCN(C(=O)CCc2ccc3c(c2)OCO3)C1. The van der Waals surface area contributed by atoms with Crippen LogP contribution >= 0.6 is 0 Å². The summed E-state index contributed by atoms with van der Waals surface area (Å²) in [5, 5.41) is 3.23. The second-order valence-electron chi connectivity index (χ2n) is 8.21. The van der Waals surface area contributed by atoms with Crippen molar-refractivity contribution < 1.29 is 19.1 Å². The second-order valence-corrected chi connectivity index (χ2v) is 8.21. The molecule has 1 N–H and O–H groups in total. The van der Waals surface area contributed by atoms with E-state index in [0.29, 0.717) is 25.4 Å². The lowest BCUT2D eigenvalue weighted by molar-refractivity contribution is -0.136. The Morgan fingerprint density at radius 2 is 1.86 bits per heavy atom. The highest BCUT2D eigenvalue weighted by atomic mass is 16.7. The molecule has 4 rings (SSSR count). The van der Waals surface area contributed by atoms with Gasteiger partial charge in [-0.15, -0.1) is 0 Å². The van der Waals surface area contributed by atoms with Crippen LogP contribution in [-0.4, -0.2) is 42.6 Å². The standard InChI is InChI=1S/C22H30N2O4/c25-21(11-9-16-8-10-19-20(13-16)28-15-27-19)24-12-4-5-17(14-24)22(26)23-18-6-2-1-3-7-18/h8,10,13,17-18H,1-7,9,11-12,14-15H2,(H,23,26)/t17-/m0/s1. The Balaban J connectivity index is 1.26. The summed E-state index contributed by atoms with van der Waals surface area (Å²) in [6.45, 7) is 1.57. The fraction of sp³-hybridized carbons (Fsp3) is 0.636. The van der Waals surface area contributed by atoms with Gasteiger partial charge >= 0.3 is 0 Å². The number of amides is 2. The first kappa shape index (κ1) is 19.1. The van der Waals surface area contributed by atoms with Crippen LogP contribution in [0.1, 0.15) is 56.9 Å². The van der Waals surface area contributed by atoms with E-state index in [-0.39, 0.29) is 24.5 Å². The van der Waals surface area contributed by atoms with E-state index in [1.54, 1.807) is 0 Å². The van der Waals surface area contributed by atoms with E-state index in [2.05, 4.69) is 5.32 Å². The molecule has 2 heterocycles. The third-order valence-corrected chi connectivity index (χ3v) is 6.16. The first-order chi connectivity index (χ1) is 13.7. The molecule has 0 spiro atoms. The number of carbonyl (C=O) groups excluding carboxylic acids is 2. The minimum Gasteiger partial charge on any atom is -0.454 e. The molecule has 1 saturated carbocycles. The number of ether oxygens (including phenoxy) is 2. The lowest BCUT2D eigenvalue weighted by Gasteiger charge is -2.33. The van der Waals surface area contributed by atoms with Crippen molar-refractivity contribution in [1.29, 1.82) is 0 Å². The van der Waals surface area contributed by atoms with E-state index in [1.807, 2.05) is 23.1 Å². The van der Waals surface area contributed by atoms with Crippen LogP contribution in [0.15, 0.2) is 18.2 Å². The highest BCUT2D eigenvalue weighted by molar-refractivity contribution is 5.81. The van der Waals surface area contributed by atoms with Gasteiger partial charge < -0.3 is 19.7 Å². The van der Waals surface area contributed by atoms with Crippen LogP contribution in [0, 0.1) is 5.92 Å². The number of benzene rings is 1. The zero-order valence-corrected chi connectivity index (χ0v) is 16.5. The van der Waals surface area contributed by atoms with Crippen molar-refractivity contribution in [3.05, 3.63) is 23.8 Å². The van der Waals surface area contributed by atoms with Crippen LogP contribution in [0.4, 0.5) is 0 Å². The van der Waals surface area contributed by atoms with E-state index in [0.717, 1.165) is 49.3 Å². The highest BCUT2D eigenvalue weighted by Crippen LogP contribution is 2.33. The predicted octanol–water partition coefficient (Wildman–Crippen LogP) is 3.04. The molecular weight excluding hydrogens is 356 g/mol. The molecule has 2 amide bonds. The van der Waals surface area contributed by atoms with E-state index >= 15 is 0 Å². The van der Waals surface area contributed by atoms with Crippen LogP contribution in [0.2, 0.25) is 0 Å². The second kappa shape index (κ2) is 8.84. The summed E-state index contributed by atoms with van der Waals surface area (Å²) in [6, 6.07) is 6.16. The van der Waals surface area contributed by atoms with Gasteiger partial charge in [0, 0.05) is 25.6 Å². The molecule has 3 aliphatic rings. The van der Waals surface area contributed by atoms with Gasteiger partial charge in [0.25, 0.3) is 0 Å². The van der Waals surface area contributed by atoms with Crippen molar-refractivity contribution in [2.75, 3.05) is 19.9 Å². The normalized spacial score (nSPS) is 22.1. The van der Waals surface area contributed by atoms with Gasteiger partial charge in [0.05, 0.1) is 5.92 Å². The van der Waals surface area contributed by atoms with Crippen LogP contribution in [0.5, 0.6) is 11.5 Å². The average Bonchev–Trinajstić information content (AvgIpc) is 3.20. The average molecular weight is 386 g/mol. The number of carbonyl (C=O) groups is 2. The summed E-state index contributed by atoms with van der Waals surface area (Å²) in [6.07, 6.45) is 8.79. The summed E-state index contributed by atoms with van der Waals surface area (Å²) >= 11 is 0. The van der Waals surface area contributed by atoms with Crippen molar-refractivity contribution in [1.82, 2.24) is 10.2 Å². The molecule has 28 heavy (non-hydrogen) atoms. The van der Waals surface area contributed by atoms with E-state index in [4.69, 9.17) is 9.47 Å². The molecule has 6 heteroatoms. The van der Waals surface area contributed by atoms with Gasteiger partial charge in [0.15, 0.2) is 11.5 Å². The van der Waals surface area contributed by atoms with Crippen LogP contribution in [0.3, 0.4) is 0 Å². The predicted molar refractivity (Wildman–Crippen MR) is 105 cm³/mol. The molecule has 1 aliphatic carbocycles. The summed E-state index contributed by atoms with van der Waals surface area (Å²) in [5.74, 6) is 1.72. The van der Waals surface area contributed by atoms with Crippen molar-refractivity contribution in [3.8, 4) is 11.5 Å². The van der Waals surface area contributed by atoms with Crippen molar-refractivity contribution in [2.24, 2.45) is 5.92 Å². The number of fused-ring (bicyclic) bond motifs is 1. The summed E-state index contributed by atoms with van der Waals surface area (Å²) in [5.41, 5.74) is 1.07. The fourth-order valence-electron chi connectivity index (χ4n) is 4.49. The Hall–Kier alpha value is -2.24. The zero-order chi connectivity index (χ0) is 19.3. The van der Waals surface area contributed by atoms with E-state index in [1.165, 1.54) is 19.3 Å². The zero-order valence-electron chi connectivity index (χ0n) is 16.5. The molecule has 1 aromatic rings. The monoisotopic (exact) mass is 386 g/mol. The van der Waals surface area contributed by atoms with E-state index in [9.17, 15) is 9.59 Å². The molecule has 0 bridgehead atoms. The van der Waals surface area contributed by atoms with Gasteiger partial charge in [-0.25, -0.2) is 0 Å². The summed E-state index contributed by atoms with van der Waals surface area (Å²) in [4.78, 5) is 27.2. The minimum absolute atomic E-state index is 0.0647. The molecule has 2 aliphatic heterocycles. The van der Waals surface area contributed by atoms with Crippen molar-refractivity contribution >= 4 is 11.8 Å². The molecule has 6 nitrogen and oxygen atoms in total. The molecule has 1 aromatic carbocycles. The lowest BCUT2D eigenvalue weighted by Crippen LogP contribution is -2.48. The van der Waals surface area contributed by atoms with E-state index < -0.39 is 0 Å². The Morgan fingerprint density at radius 1 is 1.04 bits per heavy atom. The Kier molecular flexibility index (Phi) is 6.03. The lowest BCUT2D eigenvalue weighted by atomic mass is 9.93. The summed E-state index contributed by atoms with van der Waals surface area (Å²) in [7, 11) is 0. The summed E-state index contributed by atoms with van der Waals surface area (Å²) < 4.78 is 10.7. The third kappa shape index (κ3) is 4.59. The third-order valence-electron chi connectivity index (χ3n) is 6.16. The molecule has 0 unspecified atom stereocenters. The maximum absolute atomic E-state index is 12.7. The van der Waals surface area contributed by atoms with Crippen LogP contribution < -0.4 is 14.8 Å². The number of aryl methyl sites for hydroxylation is 1. The van der Waals surface area contributed by atoms with Gasteiger partial charge in [-0.3, -0.25) is 9.59 Å². The first-order valence-electron chi connectivity index (χ1n) is 10.7. The van der Waals surface area contributed by atoms with Crippen molar-refractivity contribution in [2.45, 2.75) is 63.8 Å². The maximum atomic E-state index is 12.7. The number of rotatable bonds is 5. The Labute approximate surface area is 166 Å². The Bertz CT molecular complexity index is 714. The largest absolute Gasteiger partial charge is 0.454 e. The van der Waals surface area contributed by atoms with Crippen LogP contribution in [-0.2, 0) is 16.0 Å². The molecule has 0 aromatic heterocycles. The Morgan fingerprint density at radius 3 is 2.71 bits per heavy atom. The van der Waals surface area contributed by atoms with Crippen LogP contribution in [0.25, 0.3) is 0 Å². The molecule has 1 saturated heterocycles. The topological polar surface area (TPSA) is 67.9 Å². The van der Waals surface area contributed by atoms with Gasteiger partial charge in [-0.1, -0.05) is 25.3 Å². The molecule has 0 radical (unpaired) electrons. The highest BCUT2D eigenvalue weighted by Gasteiger charge is 2.29. The number of hydrogen-bond acceptors (Lipinski definition) is 4. The maximum Gasteiger partial charge on any atom is 0.231 e. The number of likely N-dealkylation sites (tertiary alicyclic amines) is 1. The quantitative estimate of drug-likeness (QED) is 0.845. The molecule has 1 atom stereocenters. The van der Waals surface area contributed by atoms with Gasteiger partial charge in [-0.05, 0) is 49.8 Å². The number of hydrogen-bond donors (Lipinski definition) is 1. The number of nitrogens with zero attached hydrogens (tertiary/aromatic N) is 1. The first-order valence-corrected chi connectivity index (χ1v) is 10.7. The molecule has 152 valence electrons.